The number of amides is 1. The molecule has 1 rings (SSSR count). The van der Waals surface area contributed by atoms with Crippen molar-refractivity contribution in [1.82, 2.24) is 4.90 Å². The van der Waals surface area contributed by atoms with Crippen molar-refractivity contribution in [2.24, 2.45) is 4.99 Å². The molecule has 0 N–H and O–H groups in total. The lowest BCUT2D eigenvalue weighted by Gasteiger charge is -2.15. The third-order valence-corrected chi connectivity index (χ3v) is 1.14. The Morgan fingerprint density at radius 2 is 2.20 bits per heavy atom. The van der Waals surface area contributed by atoms with Gasteiger partial charge >= 0.3 is 0 Å². The van der Waals surface area contributed by atoms with Crippen LogP contribution >= 0.6 is 0 Å². The van der Waals surface area contributed by atoms with Gasteiger partial charge in [0.1, 0.15) is 0 Å². The summed E-state index contributed by atoms with van der Waals surface area (Å²) in [7, 11) is 1.77. The van der Waals surface area contributed by atoms with Crippen LogP contribution < -0.4 is 0 Å². The predicted octanol–water partition coefficient (Wildman–Crippen LogP) is 0.555. The predicted molar refractivity (Wildman–Crippen MR) is 42.3 cm³/mol. The largest absolute Gasteiger partial charge is 0.339 e. The van der Waals surface area contributed by atoms with E-state index in [4.69, 9.17) is 0 Å². The molecule has 0 unspecified atom stereocenters. The Hall–Kier alpha value is -0.860. The van der Waals surface area contributed by atoms with E-state index in [2.05, 4.69) is 4.99 Å². The monoisotopic (exact) mass is 142 g/mol. The number of aliphatic imine (C=N–C) groups is 1. The molecule has 0 aromatic carbocycles. The Bertz CT molecular complexity index is 132. The molecule has 0 radical (unpaired) electrons. The fourth-order valence-electron chi connectivity index (χ4n) is 0.559. The van der Waals surface area contributed by atoms with Gasteiger partial charge in [-0.25, -0.2) is 0 Å². The molecular formula is C7H14N2O. The van der Waals surface area contributed by atoms with E-state index >= 15 is 0 Å². The number of hydrogen-bond donors (Lipinski definition) is 0. The summed E-state index contributed by atoms with van der Waals surface area (Å²) in [6.07, 6.45) is 1.36. The average molecular weight is 142 g/mol. The van der Waals surface area contributed by atoms with Crippen molar-refractivity contribution < 1.29 is 4.79 Å². The SMILES string of the molecule is CC.CN1CCN=CC1=O. The quantitative estimate of drug-likeness (QED) is 0.486. The molecular weight excluding hydrogens is 128 g/mol. The van der Waals surface area contributed by atoms with Crippen LogP contribution in [0.4, 0.5) is 0 Å². The van der Waals surface area contributed by atoms with Crippen LogP contribution in [0.15, 0.2) is 4.99 Å². The summed E-state index contributed by atoms with van der Waals surface area (Å²) in [4.78, 5) is 16.0. The maximum absolute atomic E-state index is 10.6. The van der Waals surface area contributed by atoms with Gasteiger partial charge in [-0.05, 0) is 0 Å². The highest BCUT2D eigenvalue weighted by molar-refractivity contribution is 6.26. The summed E-state index contributed by atoms with van der Waals surface area (Å²) in [6.45, 7) is 5.51. The number of carbonyl (C=O) groups is 1. The summed E-state index contributed by atoms with van der Waals surface area (Å²) in [5.41, 5.74) is 0. The normalized spacial score (nSPS) is 16.3. The lowest BCUT2D eigenvalue weighted by molar-refractivity contribution is -0.122. The summed E-state index contributed by atoms with van der Waals surface area (Å²) in [6, 6.07) is 0. The van der Waals surface area contributed by atoms with Crippen molar-refractivity contribution in [3.8, 4) is 0 Å². The maximum Gasteiger partial charge on any atom is 0.264 e. The molecule has 3 heteroatoms. The first-order valence-corrected chi connectivity index (χ1v) is 3.55. The topological polar surface area (TPSA) is 32.7 Å². The molecule has 0 aromatic heterocycles. The van der Waals surface area contributed by atoms with Crippen molar-refractivity contribution >= 4 is 12.1 Å². The van der Waals surface area contributed by atoms with Gasteiger partial charge in [0.2, 0.25) is 0 Å². The molecule has 58 valence electrons. The summed E-state index contributed by atoms with van der Waals surface area (Å²) in [5, 5.41) is 0. The first-order chi connectivity index (χ1) is 4.80. The summed E-state index contributed by atoms with van der Waals surface area (Å²) >= 11 is 0. The van der Waals surface area contributed by atoms with Crippen molar-refractivity contribution in [1.29, 1.82) is 0 Å². The van der Waals surface area contributed by atoms with E-state index in [0.29, 0.717) is 0 Å². The van der Waals surface area contributed by atoms with E-state index in [-0.39, 0.29) is 5.91 Å². The van der Waals surface area contributed by atoms with Crippen LogP contribution in [0.3, 0.4) is 0 Å². The van der Waals surface area contributed by atoms with Crippen LogP contribution in [0.1, 0.15) is 13.8 Å². The third-order valence-electron chi connectivity index (χ3n) is 1.14. The number of likely N-dealkylation sites (N-methyl/N-ethyl adjacent to an activating group) is 1. The zero-order valence-electron chi connectivity index (χ0n) is 6.79. The Morgan fingerprint density at radius 1 is 1.60 bits per heavy atom. The third kappa shape index (κ3) is 2.62. The lowest BCUT2D eigenvalue weighted by atomic mass is 10.4. The molecule has 3 nitrogen and oxygen atoms in total. The van der Waals surface area contributed by atoms with Gasteiger partial charge in [0, 0.05) is 13.6 Å². The number of nitrogens with zero attached hydrogens (tertiary/aromatic N) is 2. The molecule has 0 spiro atoms. The van der Waals surface area contributed by atoms with Crippen LogP contribution in [-0.4, -0.2) is 37.2 Å². The molecule has 0 saturated carbocycles. The highest BCUT2D eigenvalue weighted by atomic mass is 16.2. The Kier molecular flexibility index (Phi) is 4.54. The van der Waals surface area contributed by atoms with E-state index in [1.165, 1.54) is 6.21 Å². The fourth-order valence-corrected chi connectivity index (χ4v) is 0.559. The smallest absolute Gasteiger partial charge is 0.264 e. The molecule has 0 atom stereocenters. The van der Waals surface area contributed by atoms with Crippen LogP contribution in [0, 0.1) is 0 Å². The van der Waals surface area contributed by atoms with Gasteiger partial charge in [-0.15, -0.1) is 0 Å². The molecule has 0 fully saturated rings. The van der Waals surface area contributed by atoms with Crippen LogP contribution in [-0.2, 0) is 4.79 Å². The molecule has 1 amide bonds. The number of carbonyl (C=O) groups excluding carboxylic acids is 1. The van der Waals surface area contributed by atoms with Crippen molar-refractivity contribution in [3.05, 3.63) is 0 Å². The van der Waals surface area contributed by atoms with Crippen molar-refractivity contribution in [2.45, 2.75) is 13.8 Å². The van der Waals surface area contributed by atoms with E-state index in [0.717, 1.165) is 13.1 Å². The highest BCUT2D eigenvalue weighted by Gasteiger charge is 2.07. The second kappa shape index (κ2) is 4.97. The minimum absolute atomic E-state index is 0.0104. The average Bonchev–Trinajstić information content (AvgIpc) is 2.00. The fraction of sp³-hybridized carbons (Fsp3) is 0.714. The minimum Gasteiger partial charge on any atom is -0.339 e. The highest BCUT2D eigenvalue weighted by Crippen LogP contribution is 1.87. The van der Waals surface area contributed by atoms with Gasteiger partial charge in [-0.1, -0.05) is 13.8 Å². The Labute approximate surface area is 61.7 Å². The first-order valence-electron chi connectivity index (χ1n) is 3.55. The van der Waals surface area contributed by atoms with E-state index in [9.17, 15) is 4.79 Å². The molecule has 0 bridgehead atoms. The zero-order valence-corrected chi connectivity index (χ0v) is 6.79. The first kappa shape index (κ1) is 9.14. The van der Waals surface area contributed by atoms with Gasteiger partial charge in [0.15, 0.2) is 0 Å². The Morgan fingerprint density at radius 3 is 2.50 bits per heavy atom. The van der Waals surface area contributed by atoms with Crippen LogP contribution in [0.5, 0.6) is 0 Å². The van der Waals surface area contributed by atoms with Crippen molar-refractivity contribution in [3.63, 3.8) is 0 Å². The van der Waals surface area contributed by atoms with E-state index in [1.54, 1.807) is 11.9 Å². The molecule has 1 aliphatic heterocycles. The second-order valence-corrected chi connectivity index (χ2v) is 1.80. The van der Waals surface area contributed by atoms with E-state index in [1.807, 2.05) is 13.8 Å². The van der Waals surface area contributed by atoms with Crippen LogP contribution in [0.2, 0.25) is 0 Å². The van der Waals surface area contributed by atoms with Crippen LogP contribution in [0.25, 0.3) is 0 Å². The summed E-state index contributed by atoms with van der Waals surface area (Å²) < 4.78 is 0. The molecule has 0 aromatic rings. The molecule has 0 saturated heterocycles. The molecule has 1 heterocycles. The van der Waals surface area contributed by atoms with E-state index < -0.39 is 0 Å². The Balaban J connectivity index is 0.000000371. The van der Waals surface area contributed by atoms with Crippen molar-refractivity contribution in [2.75, 3.05) is 20.1 Å². The van der Waals surface area contributed by atoms with Gasteiger partial charge in [-0.3, -0.25) is 9.79 Å². The van der Waals surface area contributed by atoms with Gasteiger partial charge in [0.25, 0.3) is 5.91 Å². The number of hydrogen-bond acceptors (Lipinski definition) is 2. The van der Waals surface area contributed by atoms with Gasteiger partial charge in [0.05, 0.1) is 12.8 Å². The molecule has 10 heavy (non-hydrogen) atoms. The minimum atomic E-state index is 0.0104. The van der Waals surface area contributed by atoms with Gasteiger partial charge < -0.3 is 4.90 Å². The second-order valence-electron chi connectivity index (χ2n) is 1.80. The molecule has 1 aliphatic rings. The zero-order chi connectivity index (χ0) is 7.98. The lowest BCUT2D eigenvalue weighted by Crippen LogP contribution is -2.33. The maximum atomic E-state index is 10.6. The van der Waals surface area contributed by atoms with Gasteiger partial charge in [-0.2, -0.15) is 0 Å². The molecule has 0 aliphatic carbocycles. The summed E-state index contributed by atoms with van der Waals surface area (Å²) in [5.74, 6) is 0.0104. The number of rotatable bonds is 0. The standard InChI is InChI=1S/C5H8N2O.C2H6/c1-7-3-2-6-4-5(7)8;1-2/h4H,2-3H2,1H3;1-2H3.